The average molecular weight is 753 g/mol. The molecular weight excluding hydrogens is 701 g/mol. The summed E-state index contributed by atoms with van der Waals surface area (Å²) in [5.41, 5.74) is 9.86. The van der Waals surface area contributed by atoms with Crippen LogP contribution in [-0.2, 0) is 43.2 Å². The third-order valence-electron chi connectivity index (χ3n) is 12.7. The van der Waals surface area contributed by atoms with Gasteiger partial charge in [0.05, 0.1) is 34.8 Å². The van der Waals surface area contributed by atoms with Crippen LogP contribution in [0.1, 0.15) is 76.8 Å². The maximum absolute atomic E-state index is 14.4. The Morgan fingerprint density at radius 3 is 2.69 bits per heavy atom. The lowest BCUT2D eigenvalue weighted by Crippen LogP contribution is -2.67. The zero-order valence-corrected chi connectivity index (χ0v) is 33.2. The Morgan fingerprint density at radius 1 is 1.19 bits per heavy atom. The number of cyclic esters (lactones) is 1. The van der Waals surface area contributed by atoms with Gasteiger partial charge < -0.3 is 19.4 Å². The molecule has 3 aromatic heterocycles. The molecule has 2 amide bonds. The highest BCUT2D eigenvalue weighted by molar-refractivity contribution is 7.10. The Hall–Kier alpha value is -4.13. The predicted octanol–water partition coefficient (Wildman–Crippen LogP) is 6.35. The number of hydrogen-bond donors (Lipinski definition) is 2. The number of methoxy groups -OCH3 is 1. The SMILES string of the molecule is CCn1c(-c2cccnc2[C@H](C)OC)c2c3cc(ccc31)-c1csc(n1)C[C@H](NC(=O)C1[C@@H](C)[C@H]1C)C(=O)N1C[C@H]3CC[C@H]3[C@H](N1)C(=O)OCC(C)(C)C2. The molecule has 6 bridgehead atoms. The summed E-state index contributed by atoms with van der Waals surface area (Å²) in [6.07, 6.45) is 4.33. The van der Waals surface area contributed by atoms with E-state index in [1.165, 1.54) is 11.3 Å². The van der Waals surface area contributed by atoms with Gasteiger partial charge in [0.1, 0.15) is 12.1 Å². The van der Waals surface area contributed by atoms with Gasteiger partial charge >= 0.3 is 5.97 Å². The molecule has 1 saturated heterocycles. The Labute approximate surface area is 321 Å². The van der Waals surface area contributed by atoms with E-state index in [-0.39, 0.29) is 66.5 Å². The summed E-state index contributed by atoms with van der Waals surface area (Å²) in [5.74, 6) is 0.0217. The molecule has 1 aromatic carbocycles. The molecule has 2 saturated carbocycles. The minimum absolute atomic E-state index is 0.0947. The van der Waals surface area contributed by atoms with E-state index in [0.717, 1.165) is 69.1 Å². The first kappa shape index (κ1) is 36.8. The fraction of sp³-hybridized carbons (Fsp3) is 0.548. The monoisotopic (exact) mass is 752 g/mol. The summed E-state index contributed by atoms with van der Waals surface area (Å²) in [7, 11) is 1.70. The first-order chi connectivity index (χ1) is 25.9. The standard InChI is InChI=1S/C42H52N6O5S/c1-8-47-33-14-12-25-16-29(33)30(38(47)28-10-9-15-43-36(28)24(4)52-7)18-42(5,6)21-53-41(51)37-27-13-11-26(27)19-48(46-37)40(50)31(17-34-44-32(25)20-54-34)45-39(49)35-22(2)23(35)3/h9-10,12,14-16,20,22-24,26-27,31,35,37,46H,8,11,13,17-19,21H2,1-7H3,(H,45,49)/t22-,23+,24-,26+,27+,31-,35?,37-/m0/s1. The Bertz CT molecular complexity index is 2100. The van der Waals surface area contributed by atoms with Gasteiger partial charge in [-0.1, -0.05) is 33.8 Å². The number of carbonyl (C=O) groups excluding carboxylic acids is 3. The predicted molar refractivity (Wildman–Crippen MR) is 208 cm³/mol. The number of rotatable bonds is 6. The van der Waals surface area contributed by atoms with Crippen LogP contribution in [0.3, 0.4) is 0 Å². The van der Waals surface area contributed by atoms with Gasteiger partial charge in [-0.2, -0.15) is 0 Å². The largest absolute Gasteiger partial charge is 0.464 e. The van der Waals surface area contributed by atoms with Crippen LogP contribution in [-0.4, -0.2) is 69.7 Å². The molecule has 2 aliphatic carbocycles. The molecule has 54 heavy (non-hydrogen) atoms. The van der Waals surface area contributed by atoms with E-state index in [1.807, 2.05) is 24.6 Å². The van der Waals surface area contributed by atoms with Crippen molar-refractivity contribution >= 4 is 40.0 Å². The van der Waals surface area contributed by atoms with Crippen molar-refractivity contribution in [3.8, 4) is 22.5 Å². The van der Waals surface area contributed by atoms with Gasteiger partial charge in [-0.25, -0.2) is 10.4 Å². The average Bonchev–Trinajstić information content (AvgIpc) is 3.42. The number of benzene rings is 1. The number of fused-ring (bicyclic) bond motifs is 8. The van der Waals surface area contributed by atoms with Crippen molar-refractivity contribution in [3.63, 3.8) is 0 Å². The highest BCUT2D eigenvalue weighted by Crippen LogP contribution is 2.46. The van der Waals surface area contributed by atoms with Gasteiger partial charge in [-0.05, 0) is 86.6 Å². The molecule has 0 spiro atoms. The zero-order chi connectivity index (χ0) is 38.1. The number of aryl methyl sites for hydroxylation is 1. The van der Waals surface area contributed by atoms with E-state index >= 15 is 0 Å². The molecule has 2 aliphatic heterocycles. The Morgan fingerprint density at radius 2 is 1.98 bits per heavy atom. The van der Waals surface area contributed by atoms with E-state index in [2.05, 4.69) is 74.2 Å². The van der Waals surface area contributed by atoms with Crippen LogP contribution in [0.2, 0.25) is 0 Å². The highest BCUT2D eigenvalue weighted by Gasteiger charge is 2.51. The lowest BCUT2D eigenvalue weighted by molar-refractivity contribution is -0.165. The van der Waals surface area contributed by atoms with E-state index < -0.39 is 17.5 Å². The van der Waals surface area contributed by atoms with Crippen LogP contribution in [0, 0.1) is 35.0 Å². The van der Waals surface area contributed by atoms with E-state index in [9.17, 15) is 14.4 Å². The van der Waals surface area contributed by atoms with Crippen LogP contribution >= 0.6 is 11.3 Å². The lowest BCUT2D eigenvalue weighted by atomic mass is 9.68. The third-order valence-corrected chi connectivity index (χ3v) is 13.5. The first-order valence-electron chi connectivity index (χ1n) is 19.5. The normalized spacial score (nSPS) is 28.4. The molecule has 0 radical (unpaired) electrons. The van der Waals surface area contributed by atoms with E-state index in [1.54, 1.807) is 12.1 Å². The van der Waals surface area contributed by atoms with Crippen LogP contribution in [0.5, 0.6) is 0 Å². The van der Waals surface area contributed by atoms with Gasteiger partial charge in [0.25, 0.3) is 5.91 Å². The van der Waals surface area contributed by atoms with Crippen LogP contribution < -0.4 is 10.7 Å². The minimum atomic E-state index is -0.825. The third kappa shape index (κ3) is 6.53. The molecule has 3 fully saturated rings. The van der Waals surface area contributed by atoms with Crippen molar-refractivity contribution < 1.29 is 23.9 Å². The number of nitrogens with zero attached hydrogens (tertiary/aromatic N) is 4. The van der Waals surface area contributed by atoms with Crippen LogP contribution in [0.15, 0.2) is 41.9 Å². The van der Waals surface area contributed by atoms with Gasteiger partial charge in [0.2, 0.25) is 5.91 Å². The number of aromatic nitrogens is 3. The molecule has 4 aromatic rings. The molecule has 11 nitrogen and oxygen atoms in total. The smallest absolute Gasteiger partial charge is 0.325 e. The summed E-state index contributed by atoms with van der Waals surface area (Å²) in [5, 5.41) is 8.60. The Balaban J connectivity index is 1.25. The highest BCUT2D eigenvalue weighted by atomic mass is 32.1. The van der Waals surface area contributed by atoms with Gasteiger partial charge in [-0.15, -0.1) is 11.3 Å². The van der Waals surface area contributed by atoms with Crippen LogP contribution in [0.4, 0.5) is 0 Å². The number of nitrogens with one attached hydrogen (secondary N) is 2. The number of ether oxygens (including phenoxy) is 2. The summed E-state index contributed by atoms with van der Waals surface area (Å²) in [4.78, 5) is 51.7. The lowest BCUT2D eigenvalue weighted by Gasteiger charge is -2.49. The quantitative estimate of drug-likeness (QED) is 0.218. The second kappa shape index (κ2) is 14.2. The topological polar surface area (TPSA) is 128 Å². The fourth-order valence-corrected chi connectivity index (χ4v) is 9.89. The Kier molecular flexibility index (Phi) is 9.67. The molecule has 8 atom stereocenters. The van der Waals surface area contributed by atoms with Crippen molar-refractivity contribution in [3.05, 3.63) is 58.2 Å². The van der Waals surface area contributed by atoms with Crippen molar-refractivity contribution in [1.82, 2.24) is 30.3 Å². The maximum atomic E-state index is 14.4. The number of pyridine rings is 1. The van der Waals surface area contributed by atoms with Gasteiger partial charge in [-0.3, -0.25) is 24.4 Å². The molecule has 8 rings (SSSR count). The van der Waals surface area contributed by atoms with Gasteiger partial charge in [0, 0.05) is 71.6 Å². The molecule has 2 N–H and O–H groups in total. The molecule has 4 aliphatic rings. The molecule has 286 valence electrons. The maximum Gasteiger partial charge on any atom is 0.325 e. The van der Waals surface area contributed by atoms with E-state index in [0.29, 0.717) is 13.0 Å². The van der Waals surface area contributed by atoms with Crippen molar-refractivity contribution in [1.29, 1.82) is 0 Å². The van der Waals surface area contributed by atoms with Crippen molar-refractivity contribution in [2.24, 2.45) is 35.0 Å². The minimum Gasteiger partial charge on any atom is -0.464 e. The molecular formula is C42H52N6O5S. The molecule has 1 unspecified atom stereocenters. The number of hydrogen-bond acceptors (Lipinski definition) is 9. The van der Waals surface area contributed by atoms with Crippen molar-refractivity contribution in [2.75, 3.05) is 20.3 Å². The number of amides is 2. The van der Waals surface area contributed by atoms with Gasteiger partial charge in [0.15, 0.2) is 0 Å². The van der Waals surface area contributed by atoms with Crippen molar-refractivity contribution in [2.45, 2.75) is 92.0 Å². The number of carbonyl (C=O) groups is 3. The second-order valence-electron chi connectivity index (χ2n) is 16.8. The summed E-state index contributed by atoms with van der Waals surface area (Å²) >= 11 is 1.50. The zero-order valence-electron chi connectivity index (χ0n) is 32.3. The second-order valence-corrected chi connectivity index (χ2v) is 17.7. The molecule has 12 heteroatoms. The van der Waals surface area contributed by atoms with Crippen LogP contribution in [0.25, 0.3) is 33.4 Å². The summed E-state index contributed by atoms with van der Waals surface area (Å²) in [6, 6.07) is 9.13. The summed E-state index contributed by atoms with van der Waals surface area (Å²) in [6.45, 7) is 14.0. The number of esters is 1. The molecule has 5 heterocycles. The fourth-order valence-electron chi connectivity index (χ4n) is 9.04. The van der Waals surface area contributed by atoms with E-state index in [4.69, 9.17) is 19.4 Å². The summed E-state index contributed by atoms with van der Waals surface area (Å²) < 4.78 is 14.4. The number of hydrazine groups is 1. The first-order valence-corrected chi connectivity index (χ1v) is 20.4. The number of thiazole rings is 1.